The summed E-state index contributed by atoms with van der Waals surface area (Å²) in [4.78, 5) is 91.9. The highest BCUT2D eigenvalue weighted by atomic mass is 16.6. The monoisotopic (exact) mass is 958 g/mol. The van der Waals surface area contributed by atoms with Crippen LogP contribution in [0.1, 0.15) is 213 Å². The lowest BCUT2D eigenvalue weighted by Crippen LogP contribution is -2.49. The number of hydrogen-bond acceptors (Lipinski definition) is 16. The van der Waals surface area contributed by atoms with Gasteiger partial charge in [0.05, 0.1) is 65.5 Å². The lowest BCUT2D eigenvalue weighted by atomic mass is 9.94. The second-order valence-corrected chi connectivity index (χ2v) is 17.5. The van der Waals surface area contributed by atoms with Crippen molar-refractivity contribution >= 4 is 41.8 Å². The minimum atomic E-state index is -2.40. The molecule has 16 heteroatoms. The van der Waals surface area contributed by atoms with Crippen LogP contribution in [0.3, 0.4) is 0 Å². The Morgan fingerprint density at radius 2 is 0.687 bits per heavy atom. The highest BCUT2D eigenvalue weighted by molar-refractivity contribution is 5.92. The number of unbranched alkanes of at least 4 members (excludes halogenated alkanes) is 18. The zero-order chi connectivity index (χ0) is 49.6. The third-order valence-corrected chi connectivity index (χ3v) is 11.1. The largest absolute Gasteiger partial charge is 0.466 e. The van der Waals surface area contributed by atoms with Crippen molar-refractivity contribution in [3.63, 3.8) is 0 Å². The first-order chi connectivity index (χ1) is 32.4. The van der Waals surface area contributed by atoms with E-state index in [1.165, 1.54) is 0 Å². The van der Waals surface area contributed by atoms with E-state index < -0.39 is 42.3 Å². The summed E-state index contributed by atoms with van der Waals surface area (Å²) >= 11 is 0. The van der Waals surface area contributed by atoms with Crippen LogP contribution in [-0.2, 0) is 66.7 Å². The predicted molar refractivity (Wildman–Crippen MR) is 255 cm³/mol. The molecule has 0 saturated heterocycles. The minimum absolute atomic E-state index is 0.0304. The van der Waals surface area contributed by atoms with Crippen molar-refractivity contribution in [2.24, 2.45) is 0 Å². The van der Waals surface area contributed by atoms with E-state index in [1.54, 1.807) is 11.9 Å². The Hall–Kier alpha value is -3.79. The lowest BCUT2D eigenvalue weighted by molar-refractivity contribution is -0.191. The standard InChI is InChI=1S/C51H91NO15/c1-5-8-11-14-20-29-44(54)61-36-23-17-26-39-64-48(58)42-51(67-47(57)32-33-52(4)34-35-53,50(60)66-41-28-19-25-38-63-46(56)31-22-16-13-10-7-3)43-49(59)65-40-27-18-24-37-62-45(55)30-21-15-12-9-6-2/h53H,5-43H2,1-4H3. The number of likely N-dealkylation sites (N-methyl/N-ethyl adjacent to an activating group) is 1. The fourth-order valence-corrected chi connectivity index (χ4v) is 6.93. The van der Waals surface area contributed by atoms with Gasteiger partial charge >= 0.3 is 41.8 Å². The molecule has 0 aromatic carbocycles. The maximum atomic E-state index is 14.0. The predicted octanol–water partition coefficient (Wildman–Crippen LogP) is 9.21. The molecule has 0 aromatic rings. The van der Waals surface area contributed by atoms with E-state index in [1.807, 2.05) is 0 Å². The number of carbonyl (C=O) groups excluding carboxylic acids is 7. The first-order valence-corrected chi connectivity index (χ1v) is 25.9. The summed E-state index contributed by atoms with van der Waals surface area (Å²) < 4.78 is 38.2. The van der Waals surface area contributed by atoms with Gasteiger partial charge in [0.15, 0.2) is 0 Å². The summed E-state index contributed by atoms with van der Waals surface area (Å²) in [6.07, 6.45) is 19.4. The lowest BCUT2D eigenvalue weighted by Gasteiger charge is -2.30. The molecule has 390 valence electrons. The van der Waals surface area contributed by atoms with Gasteiger partial charge in [0.1, 0.15) is 0 Å². The zero-order valence-electron chi connectivity index (χ0n) is 42.2. The molecule has 0 atom stereocenters. The van der Waals surface area contributed by atoms with E-state index in [4.69, 9.17) is 33.2 Å². The van der Waals surface area contributed by atoms with Gasteiger partial charge in [0.2, 0.25) is 5.60 Å². The average Bonchev–Trinajstić information content (AvgIpc) is 3.29. The molecular formula is C51H91NO15. The van der Waals surface area contributed by atoms with E-state index in [9.17, 15) is 38.7 Å². The molecule has 0 rings (SSSR count). The summed E-state index contributed by atoms with van der Waals surface area (Å²) in [7, 11) is 1.69. The van der Waals surface area contributed by atoms with Crippen molar-refractivity contribution in [3.8, 4) is 0 Å². The van der Waals surface area contributed by atoms with Gasteiger partial charge in [-0.1, -0.05) is 97.8 Å². The molecule has 16 nitrogen and oxygen atoms in total. The number of aliphatic hydroxyl groups is 1. The van der Waals surface area contributed by atoms with Gasteiger partial charge in [0, 0.05) is 32.4 Å². The molecule has 0 spiro atoms. The van der Waals surface area contributed by atoms with E-state index in [-0.39, 0.29) is 83.7 Å². The number of carbonyl (C=O) groups is 7. The van der Waals surface area contributed by atoms with E-state index in [0.717, 1.165) is 96.3 Å². The molecule has 0 radical (unpaired) electrons. The van der Waals surface area contributed by atoms with Crippen molar-refractivity contribution in [2.75, 3.05) is 66.4 Å². The topological polar surface area (TPSA) is 208 Å². The molecule has 0 unspecified atom stereocenters. The number of esters is 7. The SMILES string of the molecule is CCCCCCCC(=O)OCCCCCOC(=O)CC(CC(=O)OCCCCCOC(=O)CCCCCCC)(OC(=O)CCN(C)CCO)C(=O)OCCCCCOC(=O)CCCCCCC. The molecule has 0 aliphatic carbocycles. The molecule has 0 aromatic heterocycles. The first kappa shape index (κ1) is 63.2. The molecule has 0 aliphatic heterocycles. The summed E-state index contributed by atoms with van der Waals surface area (Å²) in [5.74, 6) is -4.48. The molecule has 0 fully saturated rings. The fraction of sp³-hybridized carbons (Fsp3) is 0.863. The smallest absolute Gasteiger partial charge is 0.351 e. The van der Waals surface area contributed by atoms with Crippen LogP contribution in [0.15, 0.2) is 0 Å². The van der Waals surface area contributed by atoms with Gasteiger partial charge in [-0.3, -0.25) is 28.8 Å². The second-order valence-electron chi connectivity index (χ2n) is 17.5. The highest BCUT2D eigenvalue weighted by Crippen LogP contribution is 2.27. The van der Waals surface area contributed by atoms with Gasteiger partial charge in [-0.25, -0.2) is 4.79 Å². The highest BCUT2D eigenvalue weighted by Gasteiger charge is 2.49. The van der Waals surface area contributed by atoms with Gasteiger partial charge in [-0.05, 0) is 84.1 Å². The molecule has 0 saturated carbocycles. The quantitative estimate of drug-likeness (QED) is 0.0343. The van der Waals surface area contributed by atoms with Crippen molar-refractivity contribution in [1.29, 1.82) is 0 Å². The first-order valence-electron chi connectivity index (χ1n) is 25.9. The van der Waals surface area contributed by atoms with Crippen LogP contribution in [0, 0.1) is 0 Å². The Kier molecular flexibility index (Phi) is 42.2. The maximum absolute atomic E-state index is 14.0. The number of ether oxygens (including phenoxy) is 7. The normalized spacial score (nSPS) is 11.3. The second kappa shape index (κ2) is 44.7. The molecule has 0 heterocycles. The number of aliphatic hydroxyl groups excluding tert-OH is 1. The molecule has 0 bridgehead atoms. The van der Waals surface area contributed by atoms with Crippen LogP contribution in [0.4, 0.5) is 0 Å². The Bertz CT molecular complexity index is 1250. The van der Waals surface area contributed by atoms with Gasteiger partial charge < -0.3 is 43.2 Å². The van der Waals surface area contributed by atoms with Crippen LogP contribution in [0.5, 0.6) is 0 Å². The third-order valence-electron chi connectivity index (χ3n) is 11.1. The van der Waals surface area contributed by atoms with E-state index in [2.05, 4.69) is 20.8 Å². The molecular weight excluding hydrogens is 867 g/mol. The molecule has 1 N–H and O–H groups in total. The Balaban J connectivity index is 5.55. The fourth-order valence-electron chi connectivity index (χ4n) is 6.93. The number of rotatable bonds is 47. The Morgan fingerprint density at radius 3 is 1.03 bits per heavy atom. The van der Waals surface area contributed by atoms with Gasteiger partial charge in [0.25, 0.3) is 0 Å². The van der Waals surface area contributed by atoms with Gasteiger partial charge in [-0.2, -0.15) is 0 Å². The summed E-state index contributed by atoms with van der Waals surface area (Å²) in [5.41, 5.74) is -2.40. The van der Waals surface area contributed by atoms with Crippen LogP contribution >= 0.6 is 0 Å². The van der Waals surface area contributed by atoms with Crippen LogP contribution < -0.4 is 0 Å². The minimum Gasteiger partial charge on any atom is -0.466 e. The van der Waals surface area contributed by atoms with Crippen molar-refractivity contribution in [1.82, 2.24) is 4.90 Å². The van der Waals surface area contributed by atoms with Crippen molar-refractivity contribution < 1.29 is 71.8 Å². The molecule has 67 heavy (non-hydrogen) atoms. The summed E-state index contributed by atoms with van der Waals surface area (Å²) in [5, 5.41) is 9.31. The summed E-state index contributed by atoms with van der Waals surface area (Å²) in [6.45, 7) is 7.23. The Labute approximate surface area is 402 Å². The van der Waals surface area contributed by atoms with Crippen LogP contribution in [-0.4, -0.2) is 124 Å². The Morgan fingerprint density at radius 1 is 0.373 bits per heavy atom. The zero-order valence-corrected chi connectivity index (χ0v) is 42.2. The van der Waals surface area contributed by atoms with E-state index in [0.29, 0.717) is 77.0 Å². The third kappa shape index (κ3) is 38.8. The van der Waals surface area contributed by atoms with Crippen molar-refractivity contribution in [3.05, 3.63) is 0 Å². The van der Waals surface area contributed by atoms with Crippen LogP contribution in [0.2, 0.25) is 0 Å². The van der Waals surface area contributed by atoms with Crippen molar-refractivity contribution in [2.45, 2.75) is 219 Å². The number of nitrogens with zero attached hydrogens (tertiary/aromatic N) is 1. The summed E-state index contributed by atoms with van der Waals surface area (Å²) in [6, 6.07) is 0. The van der Waals surface area contributed by atoms with Crippen LogP contribution in [0.25, 0.3) is 0 Å². The van der Waals surface area contributed by atoms with Gasteiger partial charge in [-0.15, -0.1) is 0 Å². The van der Waals surface area contributed by atoms with E-state index >= 15 is 0 Å². The number of hydrogen-bond donors (Lipinski definition) is 1. The maximum Gasteiger partial charge on any atom is 0.351 e. The molecule has 0 amide bonds. The molecule has 0 aliphatic rings. The average molecular weight is 958 g/mol.